The first-order valence-corrected chi connectivity index (χ1v) is 14.9. The normalized spacial score (nSPS) is 16.4. The highest BCUT2D eigenvalue weighted by atomic mass is 32.2. The summed E-state index contributed by atoms with van der Waals surface area (Å²) >= 11 is 0. The van der Waals surface area contributed by atoms with Gasteiger partial charge in [-0.1, -0.05) is 19.1 Å². The Morgan fingerprint density at radius 1 is 0.947 bits per heavy atom. The highest BCUT2D eigenvalue weighted by Crippen LogP contribution is 2.28. The number of aryl methyl sites for hydroxylation is 2. The van der Waals surface area contributed by atoms with Gasteiger partial charge in [-0.15, -0.1) is 0 Å². The third-order valence-electron chi connectivity index (χ3n) is 7.22. The SMILES string of the molecule is CCN1CCN(c2ccc(Nc3ncc(C)c(Nc4cccc(CNS(=O)(=O)C5CC5)c4)n3)cc2C)CC1. The van der Waals surface area contributed by atoms with Gasteiger partial charge in [0, 0.05) is 61.5 Å². The molecular weight excluding hydrogens is 498 g/mol. The zero-order valence-corrected chi connectivity index (χ0v) is 23.2. The number of sulfonamides is 1. The second-order valence-corrected chi connectivity index (χ2v) is 12.2. The van der Waals surface area contributed by atoms with Gasteiger partial charge in [0.2, 0.25) is 16.0 Å². The number of piperazine rings is 1. The van der Waals surface area contributed by atoms with Gasteiger partial charge in [0.1, 0.15) is 5.82 Å². The smallest absolute Gasteiger partial charge is 0.229 e. The molecule has 1 saturated heterocycles. The van der Waals surface area contributed by atoms with E-state index in [1.54, 1.807) is 6.20 Å². The van der Waals surface area contributed by atoms with Crippen LogP contribution in [0.15, 0.2) is 48.7 Å². The molecule has 1 aliphatic heterocycles. The van der Waals surface area contributed by atoms with Crippen LogP contribution in [0.3, 0.4) is 0 Å². The van der Waals surface area contributed by atoms with Crippen LogP contribution in [-0.4, -0.2) is 61.3 Å². The minimum atomic E-state index is -3.22. The molecule has 5 rings (SSSR count). The summed E-state index contributed by atoms with van der Waals surface area (Å²) in [7, 11) is -3.22. The average Bonchev–Trinajstić information content (AvgIpc) is 3.77. The number of nitrogens with one attached hydrogen (secondary N) is 3. The maximum Gasteiger partial charge on any atom is 0.229 e. The molecule has 202 valence electrons. The van der Waals surface area contributed by atoms with Crippen LogP contribution >= 0.6 is 0 Å². The summed E-state index contributed by atoms with van der Waals surface area (Å²) in [4.78, 5) is 14.1. The number of nitrogens with zero attached hydrogens (tertiary/aromatic N) is 4. The van der Waals surface area contributed by atoms with E-state index >= 15 is 0 Å². The van der Waals surface area contributed by atoms with E-state index in [1.807, 2.05) is 31.2 Å². The molecule has 9 nitrogen and oxygen atoms in total. The summed E-state index contributed by atoms with van der Waals surface area (Å²) in [6, 6.07) is 14.1. The van der Waals surface area contributed by atoms with Crippen LogP contribution < -0.4 is 20.3 Å². The van der Waals surface area contributed by atoms with Gasteiger partial charge in [-0.25, -0.2) is 18.1 Å². The molecule has 1 aromatic heterocycles. The Balaban J connectivity index is 1.24. The second-order valence-electron chi connectivity index (χ2n) is 10.2. The van der Waals surface area contributed by atoms with E-state index < -0.39 is 10.0 Å². The molecule has 38 heavy (non-hydrogen) atoms. The lowest BCUT2D eigenvalue weighted by Crippen LogP contribution is -2.46. The van der Waals surface area contributed by atoms with Crippen LogP contribution in [0, 0.1) is 13.8 Å². The number of benzene rings is 2. The Kier molecular flexibility index (Phi) is 7.83. The van der Waals surface area contributed by atoms with Crippen molar-refractivity contribution in [3.05, 3.63) is 65.4 Å². The maximum atomic E-state index is 12.2. The van der Waals surface area contributed by atoms with E-state index in [1.165, 1.54) is 11.3 Å². The number of rotatable bonds is 10. The van der Waals surface area contributed by atoms with Crippen molar-refractivity contribution in [2.24, 2.45) is 0 Å². The zero-order valence-electron chi connectivity index (χ0n) is 22.4. The lowest BCUT2D eigenvalue weighted by Gasteiger charge is -2.36. The Labute approximate surface area is 225 Å². The van der Waals surface area contributed by atoms with E-state index in [0.29, 0.717) is 11.8 Å². The minimum Gasteiger partial charge on any atom is -0.369 e. The van der Waals surface area contributed by atoms with Crippen molar-refractivity contribution in [2.45, 2.75) is 45.4 Å². The molecule has 1 aliphatic carbocycles. The van der Waals surface area contributed by atoms with Crippen LogP contribution in [0.4, 0.5) is 28.8 Å². The van der Waals surface area contributed by atoms with Crippen molar-refractivity contribution >= 4 is 38.9 Å². The predicted octanol–water partition coefficient (Wildman–Crippen LogP) is 4.30. The lowest BCUT2D eigenvalue weighted by atomic mass is 10.1. The quantitative estimate of drug-likeness (QED) is 0.353. The van der Waals surface area contributed by atoms with Crippen LogP contribution in [-0.2, 0) is 16.6 Å². The standard InChI is InChI=1S/C28H37N7O2S/c1-4-34-12-14-35(15-13-34)26-11-8-24(16-20(26)2)32-28-29-18-21(3)27(33-28)31-23-7-5-6-22(17-23)19-30-38(36,37)25-9-10-25/h5-8,11,16-18,25,30H,4,9-10,12-15,19H2,1-3H3,(H2,29,31,32,33). The fraction of sp³-hybridized carbons (Fsp3) is 0.429. The summed E-state index contributed by atoms with van der Waals surface area (Å²) in [5.74, 6) is 1.20. The van der Waals surface area contributed by atoms with Crippen molar-refractivity contribution in [1.29, 1.82) is 0 Å². The first-order valence-electron chi connectivity index (χ1n) is 13.3. The molecule has 3 N–H and O–H groups in total. The Bertz CT molecular complexity index is 1380. The van der Waals surface area contributed by atoms with E-state index in [9.17, 15) is 8.42 Å². The lowest BCUT2D eigenvalue weighted by molar-refractivity contribution is 0.271. The van der Waals surface area contributed by atoms with Gasteiger partial charge in [-0.3, -0.25) is 0 Å². The fourth-order valence-electron chi connectivity index (χ4n) is 4.73. The molecule has 10 heteroatoms. The molecule has 2 aliphatic rings. The largest absolute Gasteiger partial charge is 0.369 e. The molecule has 0 amide bonds. The monoisotopic (exact) mass is 535 g/mol. The van der Waals surface area contributed by atoms with Crippen molar-refractivity contribution in [3.63, 3.8) is 0 Å². The highest BCUT2D eigenvalue weighted by Gasteiger charge is 2.35. The fourth-order valence-corrected chi connectivity index (χ4v) is 6.09. The second kappa shape index (κ2) is 11.3. The van der Waals surface area contributed by atoms with E-state index in [4.69, 9.17) is 4.98 Å². The molecule has 1 saturated carbocycles. The van der Waals surface area contributed by atoms with Crippen LogP contribution in [0.5, 0.6) is 0 Å². The number of hydrogen-bond donors (Lipinski definition) is 3. The van der Waals surface area contributed by atoms with Gasteiger partial charge in [0.15, 0.2) is 0 Å². The number of hydrogen-bond acceptors (Lipinski definition) is 8. The summed E-state index contributed by atoms with van der Waals surface area (Å²) in [6.07, 6.45) is 3.29. The van der Waals surface area contributed by atoms with Crippen molar-refractivity contribution < 1.29 is 8.42 Å². The topological polar surface area (TPSA) is 102 Å². The van der Waals surface area contributed by atoms with Gasteiger partial charge in [-0.2, -0.15) is 4.98 Å². The summed E-state index contributed by atoms with van der Waals surface area (Å²) in [5, 5.41) is 6.48. The molecule has 0 radical (unpaired) electrons. The van der Waals surface area contributed by atoms with Crippen molar-refractivity contribution in [1.82, 2.24) is 19.6 Å². The number of anilines is 5. The third-order valence-corrected chi connectivity index (χ3v) is 9.11. The van der Waals surface area contributed by atoms with E-state index in [2.05, 4.69) is 62.2 Å². The first-order chi connectivity index (χ1) is 18.3. The van der Waals surface area contributed by atoms with Crippen molar-refractivity contribution in [2.75, 3.05) is 48.3 Å². The van der Waals surface area contributed by atoms with Crippen molar-refractivity contribution in [3.8, 4) is 0 Å². The highest BCUT2D eigenvalue weighted by molar-refractivity contribution is 7.90. The molecule has 2 heterocycles. The molecule has 3 aromatic rings. The molecule has 0 bridgehead atoms. The average molecular weight is 536 g/mol. The third kappa shape index (κ3) is 6.43. The molecule has 0 atom stereocenters. The molecular formula is C28H37N7O2S. The van der Waals surface area contributed by atoms with E-state index in [0.717, 1.165) is 68.1 Å². The molecule has 0 spiro atoms. The molecule has 2 fully saturated rings. The van der Waals surface area contributed by atoms with Crippen LogP contribution in [0.2, 0.25) is 0 Å². The summed E-state index contributed by atoms with van der Waals surface area (Å²) < 4.78 is 27.0. The van der Waals surface area contributed by atoms with Gasteiger partial charge < -0.3 is 20.4 Å². The maximum absolute atomic E-state index is 12.2. The van der Waals surface area contributed by atoms with Crippen LogP contribution in [0.1, 0.15) is 36.5 Å². The summed E-state index contributed by atoms with van der Waals surface area (Å²) in [6.45, 7) is 12.0. The summed E-state index contributed by atoms with van der Waals surface area (Å²) in [5.41, 5.74) is 6.07. The van der Waals surface area contributed by atoms with Gasteiger partial charge >= 0.3 is 0 Å². The number of likely N-dealkylation sites (N-methyl/N-ethyl adjacent to an activating group) is 1. The first kappa shape index (κ1) is 26.4. The zero-order chi connectivity index (χ0) is 26.7. The predicted molar refractivity (Wildman–Crippen MR) is 154 cm³/mol. The molecule has 0 unspecified atom stereocenters. The van der Waals surface area contributed by atoms with Gasteiger partial charge in [0.25, 0.3) is 0 Å². The minimum absolute atomic E-state index is 0.227. The Morgan fingerprint density at radius 3 is 2.42 bits per heavy atom. The van der Waals surface area contributed by atoms with Gasteiger partial charge in [-0.05, 0) is 74.7 Å². The van der Waals surface area contributed by atoms with Gasteiger partial charge in [0.05, 0.1) is 5.25 Å². The Morgan fingerprint density at radius 2 is 1.71 bits per heavy atom. The molecule has 2 aromatic carbocycles. The number of aromatic nitrogens is 2. The van der Waals surface area contributed by atoms with E-state index in [-0.39, 0.29) is 11.8 Å². The van der Waals surface area contributed by atoms with Crippen LogP contribution in [0.25, 0.3) is 0 Å². The Hall–Kier alpha value is -3.21.